The van der Waals surface area contributed by atoms with Crippen LogP contribution in [0.15, 0.2) is 30.6 Å². The molecule has 0 amide bonds. The highest BCUT2D eigenvalue weighted by Gasteiger charge is 2.26. The van der Waals surface area contributed by atoms with Gasteiger partial charge in [0.1, 0.15) is 5.82 Å². The van der Waals surface area contributed by atoms with Crippen molar-refractivity contribution in [1.29, 1.82) is 0 Å². The van der Waals surface area contributed by atoms with Crippen molar-refractivity contribution >= 4 is 10.8 Å². The van der Waals surface area contributed by atoms with E-state index in [0.29, 0.717) is 11.3 Å². The summed E-state index contributed by atoms with van der Waals surface area (Å²) in [7, 11) is 0. The van der Waals surface area contributed by atoms with Crippen molar-refractivity contribution in [2.75, 3.05) is 0 Å². The number of nitrogens with zero attached hydrogens (tertiary/aromatic N) is 1. The lowest BCUT2D eigenvalue weighted by Crippen LogP contribution is -1.89. The Balaban J connectivity index is 2.30. The summed E-state index contributed by atoms with van der Waals surface area (Å²) >= 11 is 0. The number of hydrogen-bond acceptors (Lipinski definition) is 1. The van der Waals surface area contributed by atoms with Crippen molar-refractivity contribution in [2.45, 2.75) is 18.8 Å². The Morgan fingerprint density at radius 1 is 1.21 bits per heavy atom. The summed E-state index contributed by atoms with van der Waals surface area (Å²) in [6.45, 7) is 0. The molecule has 1 nitrogen and oxygen atoms in total. The molecule has 1 aromatic heterocycles. The van der Waals surface area contributed by atoms with Crippen LogP contribution < -0.4 is 0 Å². The van der Waals surface area contributed by atoms with E-state index in [9.17, 15) is 4.39 Å². The van der Waals surface area contributed by atoms with Crippen molar-refractivity contribution in [3.63, 3.8) is 0 Å². The molecular formula is C12H10FN. The molecule has 0 radical (unpaired) electrons. The van der Waals surface area contributed by atoms with Gasteiger partial charge in [-0.05, 0) is 35.8 Å². The second-order valence-corrected chi connectivity index (χ2v) is 3.84. The fourth-order valence-corrected chi connectivity index (χ4v) is 1.85. The van der Waals surface area contributed by atoms with Gasteiger partial charge in [0, 0.05) is 17.8 Å². The van der Waals surface area contributed by atoms with Gasteiger partial charge < -0.3 is 0 Å². The Morgan fingerprint density at radius 2 is 2.07 bits per heavy atom. The Kier molecular flexibility index (Phi) is 1.57. The second kappa shape index (κ2) is 2.77. The highest BCUT2D eigenvalue weighted by Crippen LogP contribution is 2.42. The largest absolute Gasteiger partial charge is 0.264 e. The maximum absolute atomic E-state index is 13.9. The summed E-state index contributed by atoms with van der Waals surface area (Å²) in [6, 6.07) is 5.73. The average Bonchev–Trinajstić information content (AvgIpc) is 3.03. The number of aromatic nitrogens is 1. The minimum absolute atomic E-state index is 0.0712. The van der Waals surface area contributed by atoms with Gasteiger partial charge in [-0.15, -0.1) is 0 Å². The molecule has 0 saturated heterocycles. The highest BCUT2D eigenvalue weighted by atomic mass is 19.1. The van der Waals surface area contributed by atoms with E-state index in [1.54, 1.807) is 12.4 Å². The lowest BCUT2D eigenvalue weighted by molar-refractivity contribution is 0.622. The van der Waals surface area contributed by atoms with Gasteiger partial charge in [-0.3, -0.25) is 4.98 Å². The van der Waals surface area contributed by atoms with Crippen LogP contribution in [0.2, 0.25) is 0 Å². The van der Waals surface area contributed by atoms with Gasteiger partial charge >= 0.3 is 0 Å². The number of pyridine rings is 1. The minimum Gasteiger partial charge on any atom is -0.264 e. The first-order valence-electron chi connectivity index (χ1n) is 4.88. The Morgan fingerprint density at radius 3 is 2.86 bits per heavy atom. The van der Waals surface area contributed by atoms with E-state index in [0.717, 1.165) is 23.8 Å². The van der Waals surface area contributed by atoms with Crippen LogP contribution in [0.4, 0.5) is 4.39 Å². The SMILES string of the molecule is Fc1c(C2CC2)ccc2ccncc12. The van der Waals surface area contributed by atoms with Gasteiger partial charge in [0.15, 0.2) is 0 Å². The maximum Gasteiger partial charge on any atom is 0.136 e. The molecule has 0 N–H and O–H groups in total. The molecule has 1 aromatic carbocycles. The van der Waals surface area contributed by atoms with E-state index in [2.05, 4.69) is 4.98 Å². The Labute approximate surface area is 81.6 Å². The zero-order valence-corrected chi connectivity index (χ0v) is 7.70. The van der Waals surface area contributed by atoms with Crippen molar-refractivity contribution in [1.82, 2.24) is 4.98 Å². The third-order valence-corrected chi connectivity index (χ3v) is 2.80. The van der Waals surface area contributed by atoms with E-state index in [-0.39, 0.29) is 5.82 Å². The maximum atomic E-state index is 13.9. The van der Waals surface area contributed by atoms with Gasteiger partial charge in [0.25, 0.3) is 0 Å². The summed E-state index contributed by atoms with van der Waals surface area (Å²) in [6.07, 6.45) is 5.56. The van der Waals surface area contributed by atoms with Gasteiger partial charge in [-0.1, -0.05) is 12.1 Å². The molecule has 1 saturated carbocycles. The van der Waals surface area contributed by atoms with Crippen LogP contribution in [-0.4, -0.2) is 4.98 Å². The first kappa shape index (κ1) is 7.92. The van der Waals surface area contributed by atoms with Gasteiger partial charge in [0.05, 0.1) is 0 Å². The van der Waals surface area contributed by atoms with E-state index in [1.807, 2.05) is 18.2 Å². The molecule has 3 rings (SSSR count). The predicted octanol–water partition coefficient (Wildman–Crippen LogP) is 3.25. The topological polar surface area (TPSA) is 12.9 Å². The number of halogens is 1. The number of benzene rings is 1. The normalized spacial score (nSPS) is 16.1. The van der Waals surface area contributed by atoms with Crippen LogP contribution in [0.1, 0.15) is 24.3 Å². The summed E-state index contributed by atoms with van der Waals surface area (Å²) in [5.41, 5.74) is 0.866. The first-order chi connectivity index (χ1) is 6.86. The molecule has 1 heterocycles. The van der Waals surface area contributed by atoms with Gasteiger partial charge in [-0.25, -0.2) is 4.39 Å². The van der Waals surface area contributed by atoms with Crippen LogP contribution in [0, 0.1) is 5.82 Å². The number of hydrogen-bond donors (Lipinski definition) is 0. The molecule has 0 bridgehead atoms. The number of fused-ring (bicyclic) bond motifs is 1. The van der Waals surface area contributed by atoms with Gasteiger partial charge in [-0.2, -0.15) is 0 Å². The number of rotatable bonds is 1. The van der Waals surface area contributed by atoms with Crippen LogP contribution in [-0.2, 0) is 0 Å². The highest BCUT2D eigenvalue weighted by molar-refractivity contribution is 5.83. The molecule has 1 aliphatic carbocycles. The third kappa shape index (κ3) is 1.10. The van der Waals surface area contributed by atoms with Crippen LogP contribution in [0.5, 0.6) is 0 Å². The van der Waals surface area contributed by atoms with E-state index in [4.69, 9.17) is 0 Å². The molecule has 70 valence electrons. The predicted molar refractivity (Wildman–Crippen MR) is 53.7 cm³/mol. The standard InChI is InChI=1S/C12H10FN/c13-12-10(8-1-2-8)4-3-9-5-6-14-7-11(9)12/h3-8H,1-2H2. The first-order valence-corrected chi connectivity index (χ1v) is 4.88. The van der Waals surface area contributed by atoms with Crippen molar-refractivity contribution in [3.05, 3.63) is 42.0 Å². The fraction of sp³-hybridized carbons (Fsp3) is 0.250. The zero-order valence-electron chi connectivity index (χ0n) is 7.70. The zero-order chi connectivity index (χ0) is 9.54. The summed E-state index contributed by atoms with van der Waals surface area (Å²) in [5.74, 6) is 0.387. The van der Waals surface area contributed by atoms with Crippen LogP contribution in [0.25, 0.3) is 10.8 Å². The van der Waals surface area contributed by atoms with Crippen molar-refractivity contribution < 1.29 is 4.39 Å². The smallest absolute Gasteiger partial charge is 0.136 e. The molecule has 2 aromatic rings. The monoisotopic (exact) mass is 187 g/mol. The Bertz CT molecular complexity index is 489. The summed E-state index contributed by atoms with van der Waals surface area (Å²) in [5, 5.41) is 1.58. The average molecular weight is 187 g/mol. The molecule has 0 unspecified atom stereocenters. The molecule has 1 aliphatic rings. The third-order valence-electron chi connectivity index (χ3n) is 2.80. The lowest BCUT2D eigenvalue weighted by atomic mass is 10.1. The molecule has 14 heavy (non-hydrogen) atoms. The molecule has 0 spiro atoms. The molecule has 1 fully saturated rings. The Hall–Kier alpha value is -1.44. The molecule has 2 heteroatoms. The van der Waals surface area contributed by atoms with Crippen LogP contribution in [0.3, 0.4) is 0 Å². The quantitative estimate of drug-likeness (QED) is 0.667. The molecule has 0 atom stereocenters. The van der Waals surface area contributed by atoms with Crippen molar-refractivity contribution in [2.24, 2.45) is 0 Å². The van der Waals surface area contributed by atoms with Crippen molar-refractivity contribution in [3.8, 4) is 0 Å². The van der Waals surface area contributed by atoms with E-state index >= 15 is 0 Å². The summed E-state index contributed by atoms with van der Waals surface area (Å²) < 4.78 is 13.9. The lowest BCUT2D eigenvalue weighted by Gasteiger charge is -2.04. The molecule has 0 aliphatic heterocycles. The van der Waals surface area contributed by atoms with Crippen LogP contribution >= 0.6 is 0 Å². The molecular weight excluding hydrogens is 177 g/mol. The van der Waals surface area contributed by atoms with E-state index < -0.39 is 0 Å². The minimum atomic E-state index is -0.0712. The van der Waals surface area contributed by atoms with Gasteiger partial charge in [0.2, 0.25) is 0 Å². The second-order valence-electron chi connectivity index (χ2n) is 3.84. The summed E-state index contributed by atoms with van der Waals surface area (Å²) in [4.78, 5) is 3.95. The van der Waals surface area contributed by atoms with E-state index in [1.165, 1.54) is 0 Å². The fourth-order valence-electron chi connectivity index (χ4n) is 1.85.